The maximum atomic E-state index is 12.0. The lowest BCUT2D eigenvalue weighted by molar-refractivity contribution is -0.161. The van der Waals surface area contributed by atoms with E-state index in [0.29, 0.717) is 19.3 Å². The molecule has 0 aliphatic rings. The minimum absolute atomic E-state index is 0.103. The minimum atomic E-state index is -0.797. The van der Waals surface area contributed by atoms with E-state index < -0.39 is 6.10 Å². The molecule has 0 aromatic carbocycles. The summed E-state index contributed by atoms with van der Waals surface area (Å²) in [6.07, 6.45) is 35.9. The number of carbonyl (C=O) groups excluding carboxylic acids is 2. The van der Waals surface area contributed by atoms with Crippen LogP contribution in [0.5, 0.6) is 0 Å². The number of hydrogen-bond donors (Lipinski definition) is 2. The smallest absolute Gasteiger partial charge is 0.306 e. The van der Waals surface area contributed by atoms with E-state index in [2.05, 4.69) is 55.5 Å². The summed E-state index contributed by atoms with van der Waals surface area (Å²) in [6.45, 7) is 3.60. The summed E-state index contributed by atoms with van der Waals surface area (Å²) in [4.78, 5) is 24.0. The zero-order valence-corrected chi connectivity index (χ0v) is 26.9. The fourth-order valence-corrected chi connectivity index (χ4v) is 4.33. The molecule has 6 nitrogen and oxygen atoms in total. The zero-order chi connectivity index (χ0) is 30.9. The van der Waals surface area contributed by atoms with E-state index in [1.165, 1.54) is 44.9 Å². The Kier molecular flexibility index (Phi) is 30.1. The van der Waals surface area contributed by atoms with Gasteiger partial charge in [-0.2, -0.15) is 0 Å². The van der Waals surface area contributed by atoms with Gasteiger partial charge in [0.1, 0.15) is 6.61 Å². The van der Waals surface area contributed by atoms with Crippen molar-refractivity contribution in [2.45, 2.75) is 154 Å². The fourth-order valence-electron chi connectivity index (χ4n) is 4.33. The van der Waals surface area contributed by atoms with Crippen LogP contribution in [0.25, 0.3) is 0 Å². The van der Waals surface area contributed by atoms with Crippen molar-refractivity contribution in [3.05, 3.63) is 48.6 Å². The lowest BCUT2D eigenvalue weighted by Crippen LogP contribution is -2.28. The molecule has 42 heavy (non-hydrogen) atoms. The summed E-state index contributed by atoms with van der Waals surface area (Å²) in [6, 6.07) is 0. The predicted molar refractivity (Wildman–Crippen MR) is 174 cm³/mol. The number of ether oxygens (including phenoxy) is 2. The molecule has 2 atom stereocenters. The molecule has 0 heterocycles. The van der Waals surface area contributed by atoms with E-state index in [-0.39, 0.29) is 31.3 Å². The molecule has 0 bridgehead atoms. The van der Waals surface area contributed by atoms with Crippen LogP contribution in [0.3, 0.4) is 0 Å². The fraction of sp³-hybridized carbons (Fsp3) is 0.722. The van der Waals surface area contributed by atoms with Crippen LogP contribution in [0.4, 0.5) is 0 Å². The summed E-state index contributed by atoms with van der Waals surface area (Å²) < 4.78 is 10.5. The Morgan fingerprint density at radius 3 is 1.64 bits per heavy atom. The SMILES string of the molecule is CCCCCCCCCCCCC(=O)O[C@@H](CO)COC(=O)CCC/C=C\C/C=C\C/C=C\C/C=C\CCC[C@@H](C)O. The second kappa shape index (κ2) is 31.7. The molecule has 0 aromatic heterocycles. The lowest BCUT2D eigenvalue weighted by Gasteiger charge is -2.15. The van der Waals surface area contributed by atoms with Gasteiger partial charge in [-0.1, -0.05) is 113 Å². The molecule has 242 valence electrons. The van der Waals surface area contributed by atoms with Gasteiger partial charge in [0.2, 0.25) is 0 Å². The Labute approximate surface area is 257 Å². The summed E-state index contributed by atoms with van der Waals surface area (Å²) in [7, 11) is 0. The molecule has 0 saturated carbocycles. The van der Waals surface area contributed by atoms with Crippen LogP contribution >= 0.6 is 0 Å². The molecule has 0 radical (unpaired) electrons. The third kappa shape index (κ3) is 30.8. The average molecular weight is 591 g/mol. The number of allylic oxidation sites excluding steroid dienone is 8. The van der Waals surface area contributed by atoms with E-state index in [0.717, 1.165) is 64.2 Å². The van der Waals surface area contributed by atoms with Crippen molar-refractivity contribution in [2.24, 2.45) is 0 Å². The summed E-state index contributed by atoms with van der Waals surface area (Å²) >= 11 is 0. The first-order chi connectivity index (χ1) is 20.5. The molecule has 0 fully saturated rings. The molecular weight excluding hydrogens is 528 g/mol. The number of aliphatic hydroxyl groups excluding tert-OH is 2. The number of aliphatic hydroxyl groups is 2. The third-order valence-electron chi connectivity index (χ3n) is 6.89. The molecule has 6 heteroatoms. The van der Waals surface area contributed by atoms with Gasteiger partial charge >= 0.3 is 11.9 Å². The predicted octanol–water partition coefficient (Wildman–Crippen LogP) is 8.86. The van der Waals surface area contributed by atoms with Gasteiger partial charge in [-0.3, -0.25) is 9.59 Å². The first-order valence-electron chi connectivity index (χ1n) is 16.7. The molecule has 0 unspecified atom stereocenters. The Balaban J connectivity index is 3.72. The number of unbranched alkanes of at least 4 members (excludes halogenated alkanes) is 11. The van der Waals surface area contributed by atoms with Crippen LogP contribution in [0.2, 0.25) is 0 Å². The Morgan fingerprint density at radius 1 is 0.643 bits per heavy atom. The minimum Gasteiger partial charge on any atom is -0.462 e. The number of rotatable bonds is 29. The maximum Gasteiger partial charge on any atom is 0.306 e. The number of carbonyl (C=O) groups is 2. The van der Waals surface area contributed by atoms with E-state index in [1.54, 1.807) is 0 Å². The third-order valence-corrected chi connectivity index (χ3v) is 6.89. The second-order valence-corrected chi connectivity index (χ2v) is 11.2. The highest BCUT2D eigenvalue weighted by molar-refractivity contribution is 5.70. The highest BCUT2D eigenvalue weighted by atomic mass is 16.6. The van der Waals surface area contributed by atoms with E-state index in [9.17, 15) is 19.8 Å². The van der Waals surface area contributed by atoms with Gasteiger partial charge in [0, 0.05) is 12.8 Å². The van der Waals surface area contributed by atoms with Crippen molar-refractivity contribution in [2.75, 3.05) is 13.2 Å². The van der Waals surface area contributed by atoms with Crippen LogP contribution < -0.4 is 0 Å². The van der Waals surface area contributed by atoms with Crippen molar-refractivity contribution < 1.29 is 29.3 Å². The highest BCUT2D eigenvalue weighted by Gasteiger charge is 2.16. The normalized spacial score (nSPS) is 13.5. The average Bonchev–Trinajstić information content (AvgIpc) is 2.97. The lowest BCUT2D eigenvalue weighted by atomic mass is 10.1. The summed E-state index contributed by atoms with van der Waals surface area (Å²) in [5.74, 6) is -0.679. The van der Waals surface area contributed by atoms with Gasteiger partial charge in [-0.15, -0.1) is 0 Å². The molecule has 0 saturated heterocycles. The monoisotopic (exact) mass is 590 g/mol. The standard InChI is InChI=1S/C36H62O6/c1-3-4-5-6-7-8-17-21-24-27-30-36(40)42-34(31-37)32-41-35(39)29-26-23-20-18-15-13-11-9-10-12-14-16-19-22-25-28-33(2)38/h10-13,16,18-20,33-34,37-38H,3-9,14-15,17,21-32H2,1-2H3/b12-10-,13-11-,19-16-,20-18-/t33-,34+/m1/s1. The molecule has 0 rings (SSSR count). The van der Waals surface area contributed by atoms with Gasteiger partial charge in [0.25, 0.3) is 0 Å². The van der Waals surface area contributed by atoms with E-state index in [1.807, 2.05) is 6.92 Å². The molecule has 0 amide bonds. The zero-order valence-electron chi connectivity index (χ0n) is 26.9. The van der Waals surface area contributed by atoms with E-state index >= 15 is 0 Å². The molecule has 0 aliphatic carbocycles. The van der Waals surface area contributed by atoms with Crippen LogP contribution in [0.1, 0.15) is 142 Å². The van der Waals surface area contributed by atoms with Gasteiger partial charge in [-0.05, 0) is 64.7 Å². The first kappa shape index (κ1) is 39.8. The van der Waals surface area contributed by atoms with Crippen molar-refractivity contribution >= 4 is 11.9 Å². The van der Waals surface area contributed by atoms with Crippen molar-refractivity contribution in [1.82, 2.24) is 0 Å². The van der Waals surface area contributed by atoms with Gasteiger partial charge in [-0.25, -0.2) is 0 Å². The van der Waals surface area contributed by atoms with Crippen LogP contribution in [0, 0.1) is 0 Å². The quantitative estimate of drug-likeness (QED) is 0.0513. The first-order valence-corrected chi connectivity index (χ1v) is 16.7. The molecule has 2 N–H and O–H groups in total. The molecule has 0 aromatic rings. The van der Waals surface area contributed by atoms with Crippen molar-refractivity contribution in [3.63, 3.8) is 0 Å². The topological polar surface area (TPSA) is 93.1 Å². The maximum absolute atomic E-state index is 12.0. The summed E-state index contributed by atoms with van der Waals surface area (Å²) in [5, 5.41) is 18.7. The van der Waals surface area contributed by atoms with E-state index in [4.69, 9.17) is 9.47 Å². The highest BCUT2D eigenvalue weighted by Crippen LogP contribution is 2.12. The van der Waals surface area contributed by atoms with Crippen molar-refractivity contribution in [1.29, 1.82) is 0 Å². The molecule has 0 spiro atoms. The van der Waals surface area contributed by atoms with Gasteiger partial charge in [0.05, 0.1) is 12.7 Å². The molecular formula is C36H62O6. The van der Waals surface area contributed by atoms with Crippen molar-refractivity contribution in [3.8, 4) is 0 Å². The summed E-state index contributed by atoms with van der Waals surface area (Å²) in [5.41, 5.74) is 0. The second-order valence-electron chi connectivity index (χ2n) is 11.2. The van der Waals surface area contributed by atoms with Gasteiger partial charge in [0.15, 0.2) is 6.10 Å². The largest absolute Gasteiger partial charge is 0.462 e. The van der Waals surface area contributed by atoms with Crippen LogP contribution in [0.15, 0.2) is 48.6 Å². The van der Waals surface area contributed by atoms with Crippen LogP contribution in [-0.4, -0.2) is 47.6 Å². The Bertz CT molecular complexity index is 737. The van der Waals surface area contributed by atoms with Crippen LogP contribution in [-0.2, 0) is 19.1 Å². The molecule has 0 aliphatic heterocycles. The Morgan fingerprint density at radius 2 is 1.12 bits per heavy atom. The van der Waals surface area contributed by atoms with Gasteiger partial charge < -0.3 is 19.7 Å². The number of hydrogen-bond acceptors (Lipinski definition) is 6. The number of esters is 2. The Hall–Kier alpha value is -2.18.